The largest absolute Gasteiger partial charge is 0.508 e. The summed E-state index contributed by atoms with van der Waals surface area (Å²) in [6, 6.07) is -7.12. The molecule has 20 N–H and O–H groups in total. The first-order valence-corrected chi connectivity index (χ1v) is 34.7. The summed E-state index contributed by atoms with van der Waals surface area (Å²) >= 11 is 0. The van der Waals surface area contributed by atoms with E-state index in [1.165, 1.54) is 77.3 Å². The van der Waals surface area contributed by atoms with Crippen LogP contribution in [0.4, 0.5) is 13.2 Å². The zero-order chi connectivity index (χ0) is 79.1. The average Bonchev–Trinajstić information content (AvgIpc) is 0.883. The van der Waals surface area contributed by atoms with E-state index in [0.717, 1.165) is 25.7 Å². The summed E-state index contributed by atoms with van der Waals surface area (Å²) < 4.78 is 31.7. The molecule has 0 aliphatic heterocycles. The van der Waals surface area contributed by atoms with Crippen molar-refractivity contribution in [2.24, 2.45) is 17.4 Å². The molecule has 0 saturated heterocycles. The minimum atomic E-state index is -5.08. The third kappa shape index (κ3) is 45.3. The monoisotopic (exact) mass is 1490 g/mol. The Morgan fingerprint density at radius 2 is 0.827 bits per heavy atom. The van der Waals surface area contributed by atoms with Crippen LogP contribution in [0.1, 0.15) is 207 Å². The molecule has 34 nitrogen and oxygen atoms in total. The highest BCUT2D eigenvalue weighted by atomic mass is 19.4. The van der Waals surface area contributed by atoms with Gasteiger partial charge in [0.2, 0.25) is 65.0 Å². The number of amides is 11. The molecule has 0 aliphatic rings. The van der Waals surface area contributed by atoms with Gasteiger partial charge in [-0.2, -0.15) is 13.2 Å². The molecule has 1 rings (SSSR count). The molecule has 588 valence electrons. The van der Waals surface area contributed by atoms with Crippen LogP contribution in [-0.4, -0.2) is 199 Å². The van der Waals surface area contributed by atoms with E-state index in [1.54, 1.807) is 26.0 Å². The van der Waals surface area contributed by atoms with Crippen LogP contribution in [0.25, 0.3) is 0 Å². The summed E-state index contributed by atoms with van der Waals surface area (Å²) in [5.74, 6) is -18.2. The number of halogens is 3. The molecule has 0 heterocycles. The Hall–Kier alpha value is -9.71. The zero-order valence-corrected chi connectivity index (χ0v) is 59.6. The maximum atomic E-state index is 13.6. The average molecular weight is 1490 g/mol. The third-order valence-electron chi connectivity index (χ3n) is 15.8. The van der Waals surface area contributed by atoms with E-state index in [-0.39, 0.29) is 69.6 Å². The number of nitrogens with one attached hydrogen (secondary N) is 10. The summed E-state index contributed by atoms with van der Waals surface area (Å²) in [7, 11) is 0. The first-order valence-electron chi connectivity index (χ1n) is 34.7. The number of nitrogens with two attached hydrogens (primary N) is 2. The lowest BCUT2D eigenvalue weighted by molar-refractivity contribution is -0.192. The molecule has 104 heavy (non-hydrogen) atoms. The van der Waals surface area contributed by atoms with Gasteiger partial charge in [0.15, 0.2) is 0 Å². The van der Waals surface area contributed by atoms with Crippen molar-refractivity contribution < 1.29 is 121 Å². The van der Waals surface area contributed by atoms with E-state index in [0.29, 0.717) is 12.0 Å². The second kappa shape index (κ2) is 52.3. The Labute approximate surface area is 601 Å². The van der Waals surface area contributed by atoms with Gasteiger partial charge >= 0.3 is 36.0 Å². The number of hydrogen-bond donors (Lipinski definition) is 18. The zero-order valence-electron chi connectivity index (χ0n) is 59.6. The molecule has 0 spiro atoms. The number of carbonyl (C=O) groups excluding carboxylic acids is 11. The van der Waals surface area contributed by atoms with Gasteiger partial charge in [-0.3, -0.25) is 62.3 Å². The Morgan fingerprint density at radius 3 is 1.33 bits per heavy atom. The smallest absolute Gasteiger partial charge is 0.490 e. The van der Waals surface area contributed by atoms with Crippen LogP contribution in [0.3, 0.4) is 0 Å². The quantitative estimate of drug-likeness (QED) is 0.0413. The number of alkyl halides is 3. The fraction of sp³-hybridized carbons (Fsp3) is 0.672. The second-order valence-electron chi connectivity index (χ2n) is 25.5. The number of primary amides is 1. The van der Waals surface area contributed by atoms with Crippen molar-refractivity contribution in [2.75, 3.05) is 13.1 Å². The predicted molar refractivity (Wildman–Crippen MR) is 367 cm³/mol. The lowest BCUT2D eigenvalue weighted by Crippen LogP contribution is -2.58. The van der Waals surface area contributed by atoms with Crippen LogP contribution in [0, 0.1) is 5.92 Å². The summed E-state index contributed by atoms with van der Waals surface area (Å²) in [6.07, 6.45) is 6.20. The SMILES string of the molecule is CCCCCCCCCCCCCCCC(=O)N[C@@H](CCC(=O)NCCCC[C@H](NC(=O)[C@H](C)NC(=O)[C@H](C)NC(=O)[C@H](CCC(N)=O)NC(=O)CNC(=O)[C@H](CCC(=O)O)NC(=O)[C@H](CC(C)C)NC(=O)[C@@H](N)Cc1ccc(O)cc1)C(=O)N[C@@H](CCC(=O)O)C(=O)O)C(=O)O.O=C(O)C(F)(F)F. The summed E-state index contributed by atoms with van der Waals surface area (Å²) in [5.41, 5.74) is 12.0. The Kier molecular flexibility index (Phi) is 47.4. The highest BCUT2D eigenvalue weighted by Gasteiger charge is 2.38. The molecule has 1 aromatic rings. The fourth-order valence-corrected chi connectivity index (χ4v) is 9.90. The lowest BCUT2D eigenvalue weighted by atomic mass is 10.0. The highest BCUT2D eigenvalue weighted by Crippen LogP contribution is 2.17. The molecule has 1 aromatic carbocycles. The maximum absolute atomic E-state index is 13.6. The van der Waals surface area contributed by atoms with Crippen LogP contribution < -0.4 is 64.6 Å². The Morgan fingerprint density at radius 1 is 0.423 bits per heavy atom. The second-order valence-corrected chi connectivity index (χ2v) is 25.5. The number of phenols is 1. The minimum Gasteiger partial charge on any atom is -0.508 e. The molecule has 9 atom stereocenters. The summed E-state index contributed by atoms with van der Waals surface area (Å²) in [6.45, 7) is 7.20. The van der Waals surface area contributed by atoms with Crippen molar-refractivity contribution in [1.82, 2.24) is 53.2 Å². The van der Waals surface area contributed by atoms with Gasteiger partial charge in [0, 0.05) is 38.6 Å². The van der Waals surface area contributed by atoms with Crippen molar-refractivity contribution in [1.29, 1.82) is 0 Å². The number of phenolic OH excluding ortho intramolecular Hbond substituents is 1. The standard InChI is InChI=1S/C65H106N12O20.C2HF3O2/c1-6-7-8-9-10-11-12-13-14-15-16-17-18-22-53(81)73-48(64(94)95)28-32-52(80)68-35-20-19-21-45(62(92)76-49(65(96)97)30-34-56(85)86)74-58(88)41(5)70-57(87)40(4)71-61(91)47(27-31-51(67)79)72-54(82)38-69-60(90)46(29-33-55(83)84)75-63(93)50(36-39(2)3)77-59(89)44(66)37-42-23-25-43(78)26-24-42;3-2(4,5)1(6)7/h23-26,39-41,44-50,78H,6-22,27-38,66H2,1-5H3,(H2,67,79)(H,68,80)(H,69,90)(H,70,87)(H,71,91)(H,72,82)(H,73,81)(H,74,88)(H,75,93)(H,76,92)(H,77,89)(H,83,84)(H,85,86)(H,94,95)(H,96,97);(H,6,7)/t40-,41-,44-,45-,46-,47-,48-,49-,50-;/m0./s1. The maximum Gasteiger partial charge on any atom is 0.490 e. The van der Waals surface area contributed by atoms with Crippen molar-refractivity contribution in [2.45, 2.75) is 269 Å². The number of benzene rings is 1. The van der Waals surface area contributed by atoms with Crippen LogP contribution in [0.2, 0.25) is 0 Å². The van der Waals surface area contributed by atoms with E-state index in [2.05, 4.69) is 60.1 Å². The van der Waals surface area contributed by atoms with E-state index >= 15 is 0 Å². The van der Waals surface area contributed by atoms with Crippen molar-refractivity contribution in [3.05, 3.63) is 29.8 Å². The molecular formula is C67H107F3N12O22. The van der Waals surface area contributed by atoms with Crippen LogP contribution in [0.5, 0.6) is 5.75 Å². The minimum absolute atomic E-state index is 0.00431. The molecule has 0 unspecified atom stereocenters. The number of rotatable bonds is 54. The van der Waals surface area contributed by atoms with Gasteiger partial charge in [0.05, 0.1) is 12.6 Å². The van der Waals surface area contributed by atoms with Crippen LogP contribution >= 0.6 is 0 Å². The molecule has 0 aromatic heterocycles. The van der Waals surface area contributed by atoms with Gasteiger partial charge in [0.1, 0.15) is 54.1 Å². The third-order valence-corrected chi connectivity index (χ3v) is 15.8. The number of aromatic hydroxyl groups is 1. The number of hydrogen-bond acceptors (Lipinski definition) is 18. The highest BCUT2D eigenvalue weighted by molar-refractivity contribution is 5.98. The Bertz CT molecular complexity index is 2960. The molecule has 0 aliphatic carbocycles. The number of unbranched alkanes of at least 4 members (excludes halogenated alkanes) is 13. The first kappa shape index (κ1) is 94.3. The van der Waals surface area contributed by atoms with Crippen LogP contribution in [-0.2, 0) is 83.1 Å². The van der Waals surface area contributed by atoms with Crippen molar-refractivity contribution in [3.63, 3.8) is 0 Å². The molecule has 37 heteroatoms. The first-order chi connectivity index (χ1) is 48.8. The van der Waals surface area contributed by atoms with Crippen molar-refractivity contribution >= 4 is 94.8 Å². The number of carbonyl (C=O) groups is 16. The molecule has 11 amide bonds. The van der Waals surface area contributed by atoms with Gasteiger partial charge in [-0.05, 0) is 102 Å². The van der Waals surface area contributed by atoms with Gasteiger partial charge in [0.25, 0.3) is 0 Å². The normalized spacial score (nSPS) is 13.6. The number of carboxylic acids is 5. The summed E-state index contributed by atoms with van der Waals surface area (Å²) in [4.78, 5) is 201. The molecule has 0 bridgehead atoms. The Balaban J connectivity index is 0.0000143. The van der Waals surface area contributed by atoms with Gasteiger partial charge < -0.3 is 95.3 Å². The fourth-order valence-electron chi connectivity index (χ4n) is 9.90. The van der Waals surface area contributed by atoms with Gasteiger partial charge in [-0.25, -0.2) is 14.4 Å². The van der Waals surface area contributed by atoms with E-state index in [9.17, 15) is 106 Å². The topological polar surface area (TPSA) is 567 Å². The number of aliphatic carboxylic acids is 5. The molecule has 0 fully saturated rings. The van der Waals surface area contributed by atoms with E-state index in [1.807, 2.05) is 0 Å². The predicted octanol–water partition coefficient (Wildman–Crippen LogP) is 1.69. The molecule has 0 saturated carbocycles. The summed E-state index contributed by atoms with van der Waals surface area (Å²) in [5, 5.41) is 78.7. The number of carboxylic acid groups (broad SMARTS) is 5. The van der Waals surface area contributed by atoms with Gasteiger partial charge in [-0.1, -0.05) is 110 Å². The lowest BCUT2D eigenvalue weighted by Gasteiger charge is -2.25. The van der Waals surface area contributed by atoms with E-state index in [4.69, 9.17) is 26.5 Å². The van der Waals surface area contributed by atoms with Crippen LogP contribution in [0.15, 0.2) is 24.3 Å². The van der Waals surface area contributed by atoms with E-state index < -0.39 is 200 Å². The van der Waals surface area contributed by atoms with Gasteiger partial charge in [-0.15, -0.1) is 0 Å². The molecule has 0 radical (unpaired) electrons. The van der Waals surface area contributed by atoms with Crippen molar-refractivity contribution in [3.8, 4) is 5.75 Å². The molecular weight excluding hydrogens is 1380 g/mol.